The third-order valence-electron chi connectivity index (χ3n) is 3.32. The number of anilines is 1. The topological polar surface area (TPSA) is 102 Å². The quantitative estimate of drug-likeness (QED) is 0.328. The van der Waals surface area contributed by atoms with Gasteiger partial charge in [-0.15, -0.1) is 0 Å². The molecule has 0 atom stereocenters. The molecule has 1 rings (SSSR count). The molecule has 0 aromatic heterocycles. The molecule has 0 aliphatic carbocycles. The smallest absolute Gasteiger partial charge is 0.292 e. The van der Waals surface area contributed by atoms with Crippen LogP contribution in [0.5, 0.6) is 0 Å². The Balaban J connectivity index is 2.53. The Hall–Kier alpha value is -2.15. The zero-order valence-corrected chi connectivity index (χ0v) is 12.5. The number of nitrogen functional groups attached to an aromatic ring is 1. The number of rotatable bonds is 8. The lowest BCUT2D eigenvalue weighted by Gasteiger charge is -2.17. The van der Waals surface area contributed by atoms with Gasteiger partial charge in [0.05, 0.1) is 4.92 Å². The van der Waals surface area contributed by atoms with Crippen molar-refractivity contribution in [2.75, 3.05) is 31.9 Å². The maximum atomic E-state index is 11.9. The first kappa shape index (κ1) is 16.9. The van der Waals surface area contributed by atoms with Gasteiger partial charge in [-0.3, -0.25) is 14.9 Å². The molecule has 116 valence electrons. The van der Waals surface area contributed by atoms with Gasteiger partial charge in [0, 0.05) is 18.2 Å². The van der Waals surface area contributed by atoms with E-state index in [4.69, 9.17) is 5.73 Å². The van der Waals surface area contributed by atoms with Gasteiger partial charge in [-0.2, -0.15) is 0 Å². The molecule has 0 saturated carbocycles. The lowest BCUT2D eigenvalue weighted by atomic mass is 10.1. The minimum atomic E-state index is -0.591. The van der Waals surface area contributed by atoms with E-state index in [-0.39, 0.29) is 22.8 Å². The fraction of sp³-hybridized carbons (Fsp3) is 0.500. The van der Waals surface area contributed by atoms with Crippen LogP contribution in [0.2, 0.25) is 0 Å². The Morgan fingerprint density at radius 3 is 2.62 bits per heavy atom. The Morgan fingerprint density at radius 1 is 1.38 bits per heavy atom. The maximum absolute atomic E-state index is 11.9. The zero-order chi connectivity index (χ0) is 15.8. The number of nitro groups is 1. The van der Waals surface area contributed by atoms with E-state index in [1.54, 1.807) is 0 Å². The number of amides is 1. The first-order valence-corrected chi connectivity index (χ1v) is 7.04. The van der Waals surface area contributed by atoms with Crippen molar-refractivity contribution < 1.29 is 9.72 Å². The molecule has 0 radical (unpaired) electrons. The van der Waals surface area contributed by atoms with Crippen molar-refractivity contribution in [1.29, 1.82) is 0 Å². The molecule has 1 aromatic carbocycles. The predicted octanol–water partition coefficient (Wildman–Crippen LogP) is 1.64. The third-order valence-corrected chi connectivity index (χ3v) is 3.32. The summed E-state index contributed by atoms with van der Waals surface area (Å²) in [6.07, 6.45) is 0.838. The van der Waals surface area contributed by atoms with Crippen molar-refractivity contribution in [3.63, 3.8) is 0 Å². The minimum Gasteiger partial charge on any atom is -0.393 e. The average molecular weight is 294 g/mol. The summed E-state index contributed by atoms with van der Waals surface area (Å²) in [6.45, 7) is 7.59. The van der Waals surface area contributed by atoms with Crippen molar-refractivity contribution in [2.24, 2.45) is 0 Å². The largest absolute Gasteiger partial charge is 0.393 e. The van der Waals surface area contributed by atoms with E-state index in [1.807, 2.05) is 0 Å². The SMILES string of the molecule is CCN(CC)CCCNC(=O)c1ccc(N)c([N+](=O)[O-])c1. The monoisotopic (exact) mass is 294 g/mol. The molecule has 1 aromatic rings. The van der Waals surface area contributed by atoms with Gasteiger partial charge in [0.2, 0.25) is 0 Å². The molecular weight excluding hydrogens is 272 g/mol. The zero-order valence-electron chi connectivity index (χ0n) is 12.5. The van der Waals surface area contributed by atoms with E-state index < -0.39 is 4.92 Å². The lowest BCUT2D eigenvalue weighted by molar-refractivity contribution is -0.383. The predicted molar refractivity (Wildman–Crippen MR) is 82.2 cm³/mol. The van der Waals surface area contributed by atoms with Crippen molar-refractivity contribution in [3.8, 4) is 0 Å². The second kappa shape index (κ2) is 8.21. The normalized spacial score (nSPS) is 10.6. The first-order valence-electron chi connectivity index (χ1n) is 7.04. The highest BCUT2D eigenvalue weighted by Gasteiger charge is 2.15. The van der Waals surface area contributed by atoms with Gasteiger partial charge < -0.3 is 16.0 Å². The van der Waals surface area contributed by atoms with Crippen LogP contribution in [0, 0.1) is 10.1 Å². The minimum absolute atomic E-state index is 0.0538. The second-order valence-corrected chi connectivity index (χ2v) is 4.67. The molecule has 7 nitrogen and oxygen atoms in total. The van der Waals surface area contributed by atoms with Crippen LogP contribution in [0.4, 0.5) is 11.4 Å². The molecule has 0 saturated heterocycles. The molecule has 0 bridgehead atoms. The number of hydrogen-bond acceptors (Lipinski definition) is 5. The summed E-state index contributed by atoms with van der Waals surface area (Å²) in [5.41, 5.74) is 5.56. The molecule has 7 heteroatoms. The van der Waals surface area contributed by atoms with Crippen LogP contribution >= 0.6 is 0 Å². The number of nitrogens with two attached hydrogens (primary N) is 1. The number of hydrogen-bond donors (Lipinski definition) is 2. The molecule has 21 heavy (non-hydrogen) atoms. The number of nitrogens with zero attached hydrogens (tertiary/aromatic N) is 2. The van der Waals surface area contributed by atoms with Crippen LogP contribution in [0.3, 0.4) is 0 Å². The van der Waals surface area contributed by atoms with Gasteiger partial charge in [-0.25, -0.2) is 0 Å². The highest BCUT2D eigenvalue weighted by atomic mass is 16.6. The van der Waals surface area contributed by atoms with Gasteiger partial charge in [0.25, 0.3) is 11.6 Å². The molecule has 3 N–H and O–H groups in total. The van der Waals surface area contributed by atoms with Crippen molar-refractivity contribution in [1.82, 2.24) is 10.2 Å². The summed E-state index contributed by atoms with van der Waals surface area (Å²) in [4.78, 5) is 24.4. The molecule has 0 unspecified atom stereocenters. The Morgan fingerprint density at radius 2 is 2.05 bits per heavy atom. The molecule has 0 aliphatic rings. The van der Waals surface area contributed by atoms with Crippen molar-refractivity contribution >= 4 is 17.3 Å². The van der Waals surface area contributed by atoms with E-state index in [2.05, 4.69) is 24.1 Å². The first-order chi connectivity index (χ1) is 9.99. The molecule has 0 heterocycles. The summed E-state index contributed by atoms with van der Waals surface area (Å²) in [5.74, 6) is -0.322. The summed E-state index contributed by atoms with van der Waals surface area (Å²) in [6, 6.07) is 4.07. The average Bonchev–Trinajstić information content (AvgIpc) is 2.47. The summed E-state index contributed by atoms with van der Waals surface area (Å²) >= 11 is 0. The fourth-order valence-corrected chi connectivity index (χ4v) is 1.99. The number of carbonyl (C=O) groups is 1. The molecule has 0 fully saturated rings. The molecule has 0 aliphatic heterocycles. The maximum Gasteiger partial charge on any atom is 0.292 e. The van der Waals surface area contributed by atoms with E-state index in [0.29, 0.717) is 6.54 Å². The van der Waals surface area contributed by atoms with Crippen LogP contribution < -0.4 is 11.1 Å². The fourth-order valence-electron chi connectivity index (χ4n) is 1.99. The van der Waals surface area contributed by atoms with Gasteiger partial charge >= 0.3 is 0 Å². The standard InChI is InChI=1S/C14H22N4O3/c1-3-17(4-2)9-5-8-16-14(19)11-6-7-12(15)13(10-11)18(20)21/h6-7,10H,3-5,8-9,15H2,1-2H3,(H,16,19). The Kier molecular flexibility index (Phi) is 6.61. The number of benzene rings is 1. The van der Waals surface area contributed by atoms with Crippen LogP contribution in [-0.2, 0) is 0 Å². The summed E-state index contributed by atoms with van der Waals surface area (Å²) < 4.78 is 0. The van der Waals surface area contributed by atoms with Gasteiger partial charge in [-0.05, 0) is 38.2 Å². The van der Waals surface area contributed by atoms with Gasteiger partial charge in [0.15, 0.2) is 0 Å². The lowest BCUT2D eigenvalue weighted by Crippen LogP contribution is -2.29. The highest BCUT2D eigenvalue weighted by molar-refractivity contribution is 5.95. The van der Waals surface area contributed by atoms with Crippen LogP contribution in [-0.4, -0.2) is 41.9 Å². The van der Waals surface area contributed by atoms with Crippen LogP contribution in [0.15, 0.2) is 18.2 Å². The number of carbonyl (C=O) groups excluding carboxylic acids is 1. The van der Waals surface area contributed by atoms with Gasteiger partial charge in [-0.1, -0.05) is 13.8 Å². The van der Waals surface area contributed by atoms with E-state index >= 15 is 0 Å². The Bertz CT molecular complexity index is 501. The third kappa shape index (κ3) is 5.03. The second-order valence-electron chi connectivity index (χ2n) is 4.67. The van der Waals surface area contributed by atoms with Crippen LogP contribution in [0.25, 0.3) is 0 Å². The highest BCUT2D eigenvalue weighted by Crippen LogP contribution is 2.22. The molecule has 0 spiro atoms. The van der Waals surface area contributed by atoms with E-state index in [0.717, 1.165) is 26.1 Å². The van der Waals surface area contributed by atoms with Gasteiger partial charge in [0.1, 0.15) is 5.69 Å². The Labute approximate surface area is 124 Å². The molecule has 1 amide bonds. The summed E-state index contributed by atoms with van der Waals surface area (Å²) in [5, 5.41) is 13.5. The van der Waals surface area contributed by atoms with Crippen molar-refractivity contribution in [2.45, 2.75) is 20.3 Å². The van der Waals surface area contributed by atoms with E-state index in [1.165, 1.54) is 18.2 Å². The molecular formula is C14H22N4O3. The number of nitro benzene ring substituents is 1. The summed E-state index contributed by atoms with van der Waals surface area (Å²) in [7, 11) is 0. The van der Waals surface area contributed by atoms with Crippen molar-refractivity contribution in [3.05, 3.63) is 33.9 Å². The van der Waals surface area contributed by atoms with E-state index in [9.17, 15) is 14.9 Å². The van der Waals surface area contributed by atoms with Crippen LogP contribution in [0.1, 0.15) is 30.6 Å². The number of nitrogens with one attached hydrogen (secondary N) is 1.